The van der Waals surface area contributed by atoms with Crippen molar-refractivity contribution in [2.45, 2.75) is 26.5 Å². The van der Waals surface area contributed by atoms with Gasteiger partial charge in [-0.1, -0.05) is 36.7 Å². The van der Waals surface area contributed by atoms with Crippen LogP contribution in [0.25, 0.3) is 6.08 Å². The monoisotopic (exact) mass is 582 g/mol. The summed E-state index contributed by atoms with van der Waals surface area (Å²) in [5.41, 5.74) is 1.26. The van der Waals surface area contributed by atoms with E-state index in [1.54, 1.807) is 30.3 Å². The first kappa shape index (κ1) is 29.4. The number of nitrogens with zero attached hydrogens (tertiary/aromatic N) is 1. The zero-order valence-electron chi connectivity index (χ0n) is 22.7. The van der Waals surface area contributed by atoms with Gasteiger partial charge in [-0.05, 0) is 65.6 Å². The highest BCUT2D eigenvalue weighted by molar-refractivity contribution is 6.33. The molecule has 0 unspecified atom stereocenters. The Bertz CT molecular complexity index is 1510. The molecule has 1 aliphatic heterocycles. The van der Waals surface area contributed by atoms with Crippen molar-refractivity contribution in [3.63, 3.8) is 0 Å². The summed E-state index contributed by atoms with van der Waals surface area (Å²) in [6.07, 6.45) is 2.13. The molecule has 214 valence electrons. The molecule has 0 atom stereocenters. The Hall–Kier alpha value is -4.57. The molecule has 4 rings (SSSR count). The number of hydrogen-bond acceptors (Lipinski definition) is 7. The molecule has 4 amide bonds. The lowest BCUT2D eigenvalue weighted by Gasteiger charge is -2.26. The van der Waals surface area contributed by atoms with Gasteiger partial charge in [0, 0.05) is 0 Å². The molecule has 0 bridgehead atoms. The minimum atomic E-state index is -0.848. The van der Waals surface area contributed by atoms with E-state index < -0.39 is 23.7 Å². The molecule has 0 radical (unpaired) electrons. The lowest BCUT2D eigenvalue weighted by Crippen LogP contribution is -2.53. The normalized spacial score (nSPS) is 14.2. The largest absolute Gasteiger partial charge is 0.493 e. The first-order valence-electron chi connectivity index (χ1n) is 12.7. The van der Waals surface area contributed by atoms with Crippen LogP contribution in [-0.4, -0.2) is 43.6 Å². The number of ether oxygens (including phenoxy) is 4. The maximum Gasteiger partial charge on any atom is 0.331 e. The first-order valence-corrected chi connectivity index (χ1v) is 13.0. The summed E-state index contributed by atoms with van der Waals surface area (Å²) >= 11 is 6.45. The lowest BCUT2D eigenvalue weighted by atomic mass is 10.1. The Labute approximate surface area is 241 Å². The third-order valence-electron chi connectivity index (χ3n) is 6.05. The topological polar surface area (TPSA) is 103 Å². The van der Waals surface area contributed by atoms with Gasteiger partial charge in [0.1, 0.15) is 18.0 Å². The number of urea groups is 1. The van der Waals surface area contributed by atoms with Crippen LogP contribution < -0.4 is 24.3 Å². The van der Waals surface area contributed by atoms with Gasteiger partial charge in [-0.2, -0.15) is 0 Å². The number of nitrogens with one attached hydrogen (secondary N) is 1. The van der Waals surface area contributed by atoms with E-state index in [1.807, 2.05) is 6.92 Å². The minimum Gasteiger partial charge on any atom is -0.493 e. The first-order chi connectivity index (χ1) is 19.7. The number of hydrogen-bond donors (Lipinski definition) is 1. The number of halogens is 2. The quantitative estimate of drug-likeness (QED) is 0.234. The highest BCUT2D eigenvalue weighted by Crippen LogP contribution is 2.38. The van der Waals surface area contributed by atoms with Gasteiger partial charge in [-0.3, -0.25) is 19.8 Å². The van der Waals surface area contributed by atoms with Gasteiger partial charge in [0.2, 0.25) is 0 Å². The maximum atomic E-state index is 13.5. The fourth-order valence-electron chi connectivity index (χ4n) is 4.07. The second-order valence-electron chi connectivity index (χ2n) is 8.99. The van der Waals surface area contributed by atoms with Gasteiger partial charge in [0.25, 0.3) is 11.8 Å². The molecule has 1 heterocycles. The molecule has 0 saturated carbocycles. The fraction of sp³-hybridized carbons (Fsp3) is 0.233. The van der Waals surface area contributed by atoms with Crippen LogP contribution in [0.3, 0.4) is 0 Å². The molecule has 0 aromatic heterocycles. The molecular formula is C30H28ClFN2O7. The molecule has 1 saturated heterocycles. The molecule has 0 spiro atoms. The number of carbonyl (C=O) groups is 3. The molecule has 1 aliphatic rings. The average molecular weight is 583 g/mol. The third-order valence-corrected chi connectivity index (χ3v) is 6.33. The van der Waals surface area contributed by atoms with E-state index in [4.69, 9.17) is 30.5 Å². The number of amides is 4. The fourth-order valence-corrected chi connectivity index (χ4v) is 4.35. The molecule has 3 aromatic carbocycles. The lowest BCUT2D eigenvalue weighted by molar-refractivity contribution is -0.130. The molecule has 9 nitrogen and oxygen atoms in total. The van der Waals surface area contributed by atoms with E-state index in [2.05, 4.69) is 5.32 Å². The van der Waals surface area contributed by atoms with Gasteiger partial charge in [-0.15, -0.1) is 0 Å². The Morgan fingerprint density at radius 1 is 0.927 bits per heavy atom. The Morgan fingerprint density at radius 3 is 2.41 bits per heavy atom. The van der Waals surface area contributed by atoms with Crippen molar-refractivity contribution in [3.8, 4) is 23.0 Å². The van der Waals surface area contributed by atoms with Crippen molar-refractivity contribution in [1.82, 2.24) is 10.2 Å². The van der Waals surface area contributed by atoms with E-state index in [-0.39, 0.29) is 35.2 Å². The van der Waals surface area contributed by atoms with Crippen LogP contribution in [-0.2, 0) is 22.7 Å². The molecule has 41 heavy (non-hydrogen) atoms. The van der Waals surface area contributed by atoms with E-state index in [0.717, 1.165) is 11.3 Å². The predicted octanol–water partition coefficient (Wildman–Crippen LogP) is 5.53. The molecular weight excluding hydrogens is 555 g/mol. The van der Waals surface area contributed by atoms with Gasteiger partial charge in [-0.25, -0.2) is 9.18 Å². The Balaban J connectivity index is 1.57. The van der Waals surface area contributed by atoms with Crippen LogP contribution >= 0.6 is 11.6 Å². The summed E-state index contributed by atoms with van der Waals surface area (Å²) in [6, 6.07) is 13.2. The SMILES string of the molecule is CCCOc1ccc(CN2C(=O)NC(=O)/C(=C\c3cc(Cl)c(OCc4cccc(F)c4)c(OC)c3)C2=O)cc1OC. The Kier molecular flexibility index (Phi) is 9.46. The van der Waals surface area contributed by atoms with Crippen molar-refractivity contribution >= 4 is 35.5 Å². The number of barbiturate groups is 1. The van der Waals surface area contributed by atoms with Crippen LogP contribution in [0.4, 0.5) is 9.18 Å². The van der Waals surface area contributed by atoms with Crippen molar-refractivity contribution < 1.29 is 37.7 Å². The van der Waals surface area contributed by atoms with Gasteiger partial charge in [0.05, 0.1) is 32.4 Å². The third kappa shape index (κ3) is 6.96. The van der Waals surface area contributed by atoms with Crippen molar-refractivity contribution in [2.24, 2.45) is 0 Å². The molecule has 11 heteroatoms. The van der Waals surface area contributed by atoms with Crippen LogP contribution in [0.2, 0.25) is 5.02 Å². The van der Waals surface area contributed by atoms with Crippen molar-refractivity contribution in [3.05, 3.63) is 87.7 Å². The van der Waals surface area contributed by atoms with Gasteiger partial charge in [0.15, 0.2) is 23.0 Å². The molecule has 1 fully saturated rings. The molecule has 1 N–H and O–H groups in total. The second-order valence-corrected chi connectivity index (χ2v) is 9.40. The summed E-state index contributed by atoms with van der Waals surface area (Å²) in [7, 11) is 2.90. The van der Waals surface area contributed by atoms with Crippen LogP contribution in [0.1, 0.15) is 30.0 Å². The van der Waals surface area contributed by atoms with E-state index in [0.29, 0.717) is 34.8 Å². The van der Waals surface area contributed by atoms with E-state index in [1.165, 1.54) is 44.6 Å². The van der Waals surface area contributed by atoms with Crippen LogP contribution in [0.15, 0.2) is 60.2 Å². The van der Waals surface area contributed by atoms with E-state index in [9.17, 15) is 18.8 Å². The highest BCUT2D eigenvalue weighted by Gasteiger charge is 2.36. The summed E-state index contributed by atoms with van der Waals surface area (Å²) in [5, 5.41) is 2.34. The molecule has 3 aromatic rings. The van der Waals surface area contributed by atoms with Crippen LogP contribution in [0, 0.1) is 5.82 Å². The molecule has 0 aliphatic carbocycles. The van der Waals surface area contributed by atoms with Crippen molar-refractivity contribution in [1.29, 1.82) is 0 Å². The van der Waals surface area contributed by atoms with Crippen molar-refractivity contribution in [2.75, 3.05) is 20.8 Å². The zero-order chi connectivity index (χ0) is 29.5. The summed E-state index contributed by atoms with van der Waals surface area (Å²) in [6.45, 7) is 2.41. The smallest absolute Gasteiger partial charge is 0.331 e. The second kappa shape index (κ2) is 13.2. The summed E-state index contributed by atoms with van der Waals surface area (Å²) < 4.78 is 35.7. The summed E-state index contributed by atoms with van der Waals surface area (Å²) in [5.74, 6) is -0.603. The zero-order valence-corrected chi connectivity index (χ0v) is 23.4. The Morgan fingerprint density at radius 2 is 1.71 bits per heavy atom. The highest BCUT2D eigenvalue weighted by atomic mass is 35.5. The van der Waals surface area contributed by atoms with Gasteiger partial charge >= 0.3 is 6.03 Å². The summed E-state index contributed by atoms with van der Waals surface area (Å²) in [4.78, 5) is 39.5. The number of rotatable bonds is 11. The van der Waals surface area contributed by atoms with E-state index >= 15 is 0 Å². The number of imide groups is 2. The maximum absolute atomic E-state index is 13.5. The number of methoxy groups -OCH3 is 2. The average Bonchev–Trinajstić information content (AvgIpc) is 2.95. The van der Waals surface area contributed by atoms with Crippen LogP contribution in [0.5, 0.6) is 23.0 Å². The predicted molar refractivity (Wildman–Crippen MR) is 150 cm³/mol. The minimum absolute atomic E-state index is 0.0305. The number of carbonyl (C=O) groups excluding carboxylic acids is 3. The standard InChI is InChI=1S/C30H28ClFN2O7/c1-4-10-40-24-9-8-18(14-25(24)38-2)16-34-29(36)22(28(35)33-30(34)37)12-20-13-23(31)27(26(15-20)39-3)41-17-19-6-5-7-21(32)11-19/h5-9,11-15H,4,10,16-17H2,1-3H3,(H,33,35,37)/b22-12+. The number of benzene rings is 3. The van der Waals surface area contributed by atoms with Gasteiger partial charge < -0.3 is 18.9 Å².